The number of hydrogen-bond acceptors (Lipinski definition) is 6. The predicted molar refractivity (Wildman–Crippen MR) is 211 cm³/mol. The molecule has 51 heavy (non-hydrogen) atoms. The van der Waals surface area contributed by atoms with Gasteiger partial charge in [-0.15, -0.1) is 0 Å². The highest BCUT2D eigenvalue weighted by molar-refractivity contribution is 9.10. The fraction of sp³-hybridized carbons (Fsp3) is 0.357. The van der Waals surface area contributed by atoms with E-state index >= 15 is 0 Å². The molecule has 1 N–H and O–H groups in total. The van der Waals surface area contributed by atoms with Crippen LogP contribution in [0.25, 0.3) is 11.1 Å². The molecule has 0 fully saturated rings. The molecular formula is C42H48Br2O7. The van der Waals surface area contributed by atoms with Crippen molar-refractivity contribution in [2.75, 3.05) is 19.8 Å². The van der Waals surface area contributed by atoms with E-state index in [2.05, 4.69) is 45.7 Å². The minimum atomic E-state index is -1.57. The maximum Gasteiger partial charge on any atom is 0.377 e. The Kier molecular flexibility index (Phi) is 13.1. The van der Waals surface area contributed by atoms with Gasteiger partial charge in [0.2, 0.25) is 0 Å². The maximum atomic E-state index is 13.6. The summed E-state index contributed by atoms with van der Waals surface area (Å²) in [6.07, 6.45) is 7.98. The molecule has 1 aliphatic carbocycles. The molecule has 0 aliphatic heterocycles. The van der Waals surface area contributed by atoms with Gasteiger partial charge in [0.25, 0.3) is 5.78 Å². The van der Waals surface area contributed by atoms with E-state index < -0.39 is 23.1 Å². The van der Waals surface area contributed by atoms with Gasteiger partial charge in [0.15, 0.2) is 0 Å². The number of aliphatic carboxylic acids is 1. The monoisotopic (exact) mass is 822 g/mol. The molecule has 0 heterocycles. The number of benzene rings is 4. The van der Waals surface area contributed by atoms with Crippen molar-refractivity contribution in [2.45, 2.75) is 77.6 Å². The summed E-state index contributed by atoms with van der Waals surface area (Å²) in [4.78, 5) is 39.2. The Balaban J connectivity index is 0.00000378. The van der Waals surface area contributed by atoms with Crippen LogP contribution in [0.5, 0.6) is 11.5 Å². The van der Waals surface area contributed by atoms with Gasteiger partial charge in [0.1, 0.15) is 17.1 Å². The fourth-order valence-electron chi connectivity index (χ4n) is 6.92. The number of hydrogen-bond donors (Lipinski definition) is 1. The number of fused-ring (bicyclic) bond motifs is 3. The molecule has 0 bridgehead atoms. The van der Waals surface area contributed by atoms with Crippen molar-refractivity contribution >= 4 is 49.6 Å². The van der Waals surface area contributed by atoms with Gasteiger partial charge in [-0.2, -0.15) is 0 Å². The van der Waals surface area contributed by atoms with Crippen LogP contribution < -0.4 is 9.47 Å². The van der Waals surface area contributed by atoms with Crippen LogP contribution in [-0.2, 0) is 14.9 Å². The van der Waals surface area contributed by atoms with Crippen LogP contribution in [0.2, 0.25) is 0 Å². The second-order valence-corrected chi connectivity index (χ2v) is 14.6. The lowest BCUT2D eigenvalue weighted by Gasteiger charge is -2.35. The third-order valence-corrected chi connectivity index (χ3v) is 10.3. The lowest BCUT2D eigenvalue weighted by atomic mass is 9.67. The molecule has 7 nitrogen and oxygen atoms in total. The molecule has 5 rings (SSSR count). The quantitative estimate of drug-likeness (QED) is 0.0406. The molecule has 272 valence electrons. The summed E-state index contributed by atoms with van der Waals surface area (Å²) in [5.41, 5.74) is 4.27. The van der Waals surface area contributed by atoms with Crippen LogP contribution in [0.15, 0.2) is 81.7 Å². The third kappa shape index (κ3) is 8.10. The van der Waals surface area contributed by atoms with Gasteiger partial charge in [-0.1, -0.05) is 108 Å². The standard InChI is InChI=1S/C42H44Br2O7.2H2/c1-4-7-9-11-21-50-37-19-13-27(23-33(37)39(45)40(46)47)42(35-25-29(43)15-17-31(35)32-18-16-30(44)26-36(32)42)28-14-20-38(51-22-12-10-8-5-2)34(24-28)41(48)49-6-3;;/h13-20,23-26H,4-12,21-22H2,1-3H3,(H,46,47);2*1H. The van der Waals surface area contributed by atoms with Crippen molar-refractivity contribution in [1.82, 2.24) is 0 Å². The van der Waals surface area contributed by atoms with E-state index in [0.717, 1.165) is 88.1 Å². The van der Waals surface area contributed by atoms with Crippen LogP contribution >= 0.6 is 31.9 Å². The molecular weight excluding hydrogens is 776 g/mol. The van der Waals surface area contributed by atoms with E-state index in [1.54, 1.807) is 19.1 Å². The Morgan fingerprint density at radius 2 is 1.14 bits per heavy atom. The van der Waals surface area contributed by atoms with E-state index in [1.807, 2.05) is 60.7 Å². The number of unbranched alkanes of at least 4 members (excludes halogenated alkanes) is 6. The summed E-state index contributed by atoms with van der Waals surface area (Å²) >= 11 is 7.39. The zero-order valence-electron chi connectivity index (χ0n) is 29.4. The van der Waals surface area contributed by atoms with Crippen LogP contribution in [0.1, 0.15) is 118 Å². The van der Waals surface area contributed by atoms with Gasteiger partial charge in [-0.3, -0.25) is 4.79 Å². The van der Waals surface area contributed by atoms with Crippen molar-refractivity contribution in [3.05, 3.63) is 115 Å². The molecule has 0 unspecified atom stereocenters. The molecule has 4 aromatic rings. The minimum absolute atomic E-state index is 0. The minimum Gasteiger partial charge on any atom is -0.493 e. The van der Waals surface area contributed by atoms with Crippen molar-refractivity contribution in [3.8, 4) is 22.6 Å². The summed E-state index contributed by atoms with van der Waals surface area (Å²) in [6.45, 7) is 7.06. The van der Waals surface area contributed by atoms with Crippen molar-refractivity contribution < 1.29 is 36.6 Å². The van der Waals surface area contributed by atoms with Crippen LogP contribution in [0.3, 0.4) is 0 Å². The van der Waals surface area contributed by atoms with Crippen LogP contribution in [-0.4, -0.2) is 42.6 Å². The molecule has 0 aromatic heterocycles. The Morgan fingerprint density at radius 3 is 1.61 bits per heavy atom. The van der Waals surface area contributed by atoms with E-state index in [9.17, 15) is 19.5 Å². The van der Waals surface area contributed by atoms with Crippen molar-refractivity contribution in [3.63, 3.8) is 0 Å². The number of carboxylic acids is 1. The molecule has 0 atom stereocenters. The first kappa shape index (κ1) is 38.3. The molecule has 0 saturated heterocycles. The SMILES string of the molecule is CCCCCCOc1ccc(C2(c3ccc(OCCCCCC)c(C(=O)C(=O)O)c3)c3cc(Br)ccc3-c3ccc(Br)cc32)cc1C(=O)OCC.[HH].[HH]. The summed E-state index contributed by atoms with van der Waals surface area (Å²) in [5.74, 6) is -2.48. The van der Waals surface area contributed by atoms with Gasteiger partial charge in [-0.05, 0) is 102 Å². The highest BCUT2D eigenvalue weighted by Crippen LogP contribution is 2.58. The Bertz CT molecular complexity index is 1860. The summed E-state index contributed by atoms with van der Waals surface area (Å²) in [6, 6.07) is 22.9. The predicted octanol–water partition coefficient (Wildman–Crippen LogP) is 11.4. The topological polar surface area (TPSA) is 99.1 Å². The van der Waals surface area contributed by atoms with Gasteiger partial charge >= 0.3 is 11.9 Å². The molecule has 1 aliphatic rings. The second kappa shape index (κ2) is 17.5. The van der Waals surface area contributed by atoms with Crippen LogP contribution in [0.4, 0.5) is 0 Å². The summed E-state index contributed by atoms with van der Waals surface area (Å²) in [5, 5.41) is 9.94. The first-order chi connectivity index (χ1) is 24.7. The zero-order valence-corrected chi connectivity index (χ0v) is 32.5. The van der Waals surface area contributed by atoms with Crippen molar-refractivity contribution in [2.24, 2.45) is 0 Å². The van der Waals surface area contributed by atoms with Crippen molar-refractivity contribution in [1.29, 1.82) is 0 Å². The largest absolute Gasteiger partial charge is 0.493 e. The number of ether oxygens (including phenoxy) is 3. The molecule has 0 saturated carbocycles. The number of carbonyl (C=O) groups is 3. The van der Waals surface area contributed by atoms with Gasteiger partial charge in [-0.25, -0.2) is 9.59 Å². The van der Waals surface area contributed by atoms with E-state index in [1.165, 1.54) is 0 Å². The van der Waals surface area contributed by atoms with E-state index in [0.29, 0.717) is 24.5 Å². The lowest BCUT2D eigenvalue weighted by molar-refractivity contribution is -0.131. The molecule has 4 aromatic carbocycles. The lowest BCUT2D eigenvalue weighted by Crippen LogP contribution is -2.30. The number of ketones is 1. The normalized spacial score (nSPS) is 12.6. The number of esters is 1. The Labute approximate surface area is 319 Å². The average Bonchev–Trinajstić information content (AvgIpc) is 3.40. The molecule has 0 spiro atoms. The van der Waals surface area contributed by atoms with Gasteiger partial charge in [0.05, 0.1) is 30.8 Å². The zero-order chi connectivity index (χ0) is 36.5. The second-order valence-electron chi connectivity index (χ2n) is 12.7. The Hall–Kier alpha value is -3.95. The molecule has 0 radical (unpaired) electrons. The summed E-state index contributed by atoms with van der Waals surface area (Å²) in [7, 11) is 0. The van der Waals surface area contributed by atoms with Crippen LogP contribution in [0, 0.1) is 0 Å². The van der Waals surface area contributed by atoms with Gasteiger partial charge in [0, 0.05) is 11.8 Å². The first-order valence-corrected chi connectivity index (χ1v) is 19.4. The maximum absolute atomic E-state index is 13.6. The number of rotatable bonds is 18. The number of carbonyl (C=O) groups excluding carboxylic acids is 2. The van der Waals surface area contributed by atoms with E-state index in [4.69, 9.17) is 14.2 Å². The average molecular weight is 825 g/mol. The van der Waals surface area contributed by atoms with E-state index in [-0.39, 0.29) is 26.3 Å². The number of halogens is 2. The molecule has 0 amide bonds. The summed E-state index contributed by atoms with van der Waals surface area (Å²) < 4.78 is 19.5. The highest BCUT2D eigenvalue weighted by atomic mass is 79.9. The number of Topliss-reactive ketones (excluding diaryl/α,β-unsaturated/α-hetero) is 1. The van der Waals surface area contributed by atoms with Gasteiger partial charge < -0.3 is 19.3 Å². The third-order valence-electron chi connectivity index (χ3n) is 9.33. The molecule has 9 heteroatoms. The Morgan fingerprint density at radius 1 is 0.647 bits per heavy atom. The number of carboxylic acid groups (broad SMARTS) is 1. The highest BCUT2D eigenvalue weighted by Gasteiger charge is 2.47. The smallest absolute Gasteiger partial charge is 0.377 e. The fourth-order valence-corrected chi connectivity index (χ4v) is 7.64. The first-order valence-electron chi connectivity index (χ1n) is 17.8.